The van der Waals surface area contributed by atoms with Gasteiger partial charge in [0.1, 0.15) is 0 Å². The Hall–Kier alpha value is -2.50. The molecule has 0 aliphatic carbocycles. The first-order chi connectivity index (χ1) is 9.97. The van der Waals surface area contributed by atoms with Crippen molar-refractivity contribution in [3.05, 3.63) is 29.8 Å². The Balaban J connectivity index is 1.94. The van der Waals surface area contributed by atoms with Crippen molar-refractivity contribution in [1.82, 2.24) is 5.32 Å². The van der Waals surface area contributed by atoms with Crippen molar-refractivity contribution in [3.63, 3.8) is 0 Å². The van der Waals surface area contributed by atoms with E-state index in [1.807, 2.05) is 0 Å². The minimum absolute atomic E-state index is 0.202. The average molecular weight is 291 g/mol. The molecule has 1 aromatic carbocycles. The molecule has 1 aliphatic rings. The summed E-state index contributed by atoms with van der Waals surface area (Å²) in [6, 6.07) is 4.90. The quantitative estimate of drug-likeness (QED) is 0.806. The van der Waals surface area contributed by atoms with Crippen LogP contribution in [0.1, 0.15) is 19.4 Å². The van der Waals surface area contributed by atoms with Gasteiger partial charge in [-0.05, 0) is 37.6 Å². The third-order valence-corrected chi connectivity index (χ3v) is 3.33. The van der Waals surface area contributed by atoms with Gasteiger partial charge in [0.2, 0.25) is 12.7 Å². The van der Waals surface area contributed by atoms with Crippen LogP contribution in [-0.2, 0) is 9.59 Å². The lowest BCUT2D eigenvalue weighted by Gasteiger charge is -2.16. The van der Waals surface area contributed by atoms with Crippen LogP contribution in [0.2, 0.25) is 0 Å². The molecule has 1 aliphatic heterocycles. The molecule has 2 N–H and O–H groups in total. The number of amides is 1. The molecule has 2 atom stereocenters. The molecule has 1 heterocycles. The fraction of sp³-hybridized carbons (Fsp3) is 0.333. The summed E-state index contributed by atoms with van der Waals surface area (Å²) in [5.74, 6) is -0.602. The predicted octanol–water partition coefficient (Wildman–Crippen LogP) is 1.65. The van der Waals surface area contributed by atoms with E-state index in [0.717, 1.165) is 5.56 Å². The minimum Gasteiger partial charge on any atom is -0.481 e. The monoisotopic (exact) mass is 291 g/mol. The molecule has 6 nitrogen and oxygen atoms in total. The Morgan fingerprint density at radius 3 is 2.71 bits per heavy atom. The average Bonchev–Trinajstić information content (AvgIpc) is 2.91. The second-order valence-corrected chi connectivity index (χ2v) is 4.87. The first-order valence-electron chi connectivity index (χ1n) is 6.58. The van der Waals surface area contributed by atoms with Gasteiger partial charge >= 0.3 is 5.97 Å². The molecule has 1 amide bonds. The number of fused-ring (bicyclic) bond motifs is 1. The smallest absolute Gasteiger partial charge is 0.308 e. The highest BCUT2D eigenvalue weighted by atomic mass is 16.7. The normalized spacial score (nSPS) is 15.7. The molecule has 0 aromatic heterocycles. The summed E-state index contributed by atoms with van der Waals surface area (Å²) in [4.78, 5) is 22.6. The largest absolute Gasteiger partial charge is 0.481 e. The van der Waals surface area contributed by atoms with Gasteiger partial charge in [-0.3, -0.25) is 9.59 Å². The van der Waals surface area contributed by atoms with Crippen LogP contribution in [-0.4, -0.2) is 29.8 Å². The second kappa shape index (κ2) is 6.30. The molecule has 6 heteroatoms. The number of rotatable bonds is 5. The summed E-state index contributed by atoms with van der Waals surface area (Å²) in [5, 5.41) is 11.5. The highest BCUT2D eigenvalue weighted by Gasteiger charge is 2.20. The van der Waals surface area contributed by atoms with Gasteiger partial charge in [-0.25, -0.2) is 0 Å². The van der Waals surface area contributed by atoms with E-state index in [4.69, 9.17) is 14.6 Å². The molecule has 0 radical (unpaired) electrons. The maximum Gasteiger partial charge on any atom is 0.308 e. The van der Waals surface area contributed by atoms with Crippen LogP contribution in [0, 0.1) is 5.92 Å². The fourth-order valence-electron chi connectivity index (χ4n) is 1.80. The van der Waals surface area contributed by atoms with Crippen LogP contribution in [0.4, 0.5) is 0 Å². The van der Waals surface area contributed by atoms with Gasteiger partial charge in [-0.2, -0.15) is 0 Å². The van der Waals surface area contributed by atoms with Crippen LogP contribution >= 0.6 is 0 Å². The number of hydrogen-bond acceptors (Lipinski definition) is 4. The lowest BCUT2D eigenvalue weighted by molar-refractivity contribution is -0.142. The molecule has 0 saturated heterocycles. The van der Waals surface area contributed by atoms with Gasteiger partial charge in [0.05, 0.1) is 5.92 Å². The summed E-state index contributed by atoms with van der Waals surface area (Å²) in [5.41, 5.74) is 0.799. The molecule has 0 spiro atoms. The summed E-state index contributed by atoms with van der Waals surface area (Å²) >= 11 is 0. The highest BCUT2D eigenvalue weighted by molar-refractivity contribution is 5.92. The Labute approximate surface area is 122 Å². The van der Waals surface area contributed by atoms with E-state index in [1.165, 1.54) is 6.08 Å². The standard InChI is InChI=1S/C15H17NO5/c1-9(15(18)19)10(2)16-14(17)6-4-11-3-5-12-13(7-11)21-8-20-12/h3-7,9-10H,8H2,1-2H3,(H,16,17)(H,18,19)/b6-4+. The third kappa shape index (κ3) is 3.75. The number of carbonyl (C=O) groups excluding carboxylic acids is 1. The zero-order valence-electron chi connectivity index (χ0n) is 11.8. The lowest BCUT2D eigenvalue weighted by Crippen LogP contribution is -2.39. The van der Waals surface area contributed by atoms with Gasteiger partial charge < -0.3 is 19.9 Å². The van der Waals surface area contributed by atoms with Crippen molar-refractivity contribution >= 4 is 18.0 Å². The van der Waals surface area contributed by atoms with Crippen LogP contribution in [0.25, 0.3) is 6.08 Å². The van der Waals surface area contributed by atoms with Gasteiger partial charge in [0.25, 0.3) is 0 Å². The van der Waals surface area contributed by atoms with Crippen molar-refractivity contribution in [2.75, 3.05) is 6.79 Å². The number of nitrogens with one attached hydrogen (secondary N) is 1. The molecule has 0 saturated carbocycles. The summed E-state index contributed by atoms with van der Waals surface area (Å²) in [7, 11) is 0. The number of hydrogen-bond donors (Lipinski definition) is 2. The predicted molar refractivity (Wildman–Crippen MR) is 76.0 cm³/mol. The van der Waals surface area contributed by atoms with Crippen LogP contribution in [0.3, 0.4) is 0 Å². The molecule has 21 heavy (non-hydrogen) atoms. The molecule has 1 aromatic rings. The zero-order chi connectivity index (χ0) is 15.4. The van der Waals surface area contributed by atoms with Crippen molar-refractivity contribution in [2.24, 2.45) is 5.92 Å². The first-order valence-corrected chi connectivity index (χ1v) is 6.58. The van der Waals surface area contributed by atoms with Crippen molar-refractivity contribution in [2.45, 2.75) is 19.9 Å². The van der Waals surface area contributed by atoms with E-state index in [1.54, 1.807) is 38.1 Å². The Morgan fingerprint density at radius 2 is 2.00 bits per heavy atom. The van der Waals surface area contributed by atoms with Crippen molar-refractivity contribution in [1.29, 1.82) is 0 Å². The molecule has 0 bridgehead atoms. The van der Waals surface area contributed by atoms with Crippen molar-refractivity contribution in [3.8, 4) is 11.5 Å². The van der Waals surface area contributed by atoms with Gasteiger partial charge in [-0.1, -0.05) is 6.07 Å². The van der Waals surface area contributed by atoms with E-state index in [9.17, 15) is 9.59 Å². The summed E-state index contributed by atoms with van der Waals surface area (Å²) < 4.78 is 10.4. The molecule has 2 unspecified atom stereocenters. The van der Waals surface area contributed by atoms with Crippen LogP contribution in [0.15, 0.2) is 24.3 Å². The molecule has 0 fully saturated rings. The van der Waals surface area contributed by atoms with E-state index < -0.39 is 17.9 Å². The van der Waals surface area contributed by atoms with Gasteiger partial charge in [-0.15, -0.1) is 0 Å². The Bertz CT molecular complexity index is 581. The third-order valence-electron chi connectivity index (χ3n) is 3.33. The summed E-state index contributed by atoms with van der Waals surface area (Å²) in [6.07, 6.45) is 3.00. The number of ether oxygens (including phenoxy) is 2. The molecular formula is C15H17NO5. The lowest BCUT2D eigenvalue weighted by atomic mass is 10.0. The number of carbonyl (C=O) groups is 2. The van der Waals surface area contributed by atoms with Gasteiger partial charge in [0.15, 0.2) is 11.5 Å². The van der Waals surface area contributed by atoms with Crippen LogP contribution in [0.5, 0.6) is 11.5 Å². The number of benzene rings is 1. The van der Waals surface area contributed by atoms with Gasteiger partial charge in [0, 0.05) is 12.1 Å². The zero-order valence-corrected chi connectivity index (χ0v) is 11.8. The summed E-state index contributed by atoms with van der Waals surface area (Å²) in [6.45, 7) is 3.41. The maximum absolute atomic E-state index is 11.7. The molecule has 2 rings (SSSR count). The van der Waals surface area contributed by atoms with Crippen LogP contribution < -0.4 is 14.8 Å². The minimum atomic E-state index is -0.942. The number of carboxylic acid groups (broad SMARTS) is 1. The number of aliphatic carboxylic acids is 1. The molecular weight excluding hydrogens is 274 g/mol. The molecule has 112 valence electrons. The number of carboxylic acids is 1. The SMILES string of the molecule is CC(NC(=O)/C=C/c1ccc2c(c1)OCO2)C(C)C(=O)O. The Kier molecular flexibility index (Phi) is 4.47. The van der Waals surface area contributed by atoms with E-state index >= 15 is 0 Å². The van der Waals surface area contributed by atoms with E-state index in [0.29, 0.717) is 11.5 Å². The van der Waals surface area contributed by atoms with E-state index in [2.05, 4.69) is 5.32 Å². The fourth-order valence-corrected chi connectivity index (χ4v) is 1.80. The maximum atomic E-state index is 11.7. The topological polar surface area (TPSA) is 84.9 Å². The van der Waals surface area contributed by atoms with Crippen molar-refractivity contribution < 1.29 is 24.2 Å². The van der Waals surface area contributed by atoms with E-state index in [-0.39, 0.29) is 12.7 Å². The highest BCUT2D eigenvalue weighted by Crippen LogP contribution is 2.32. The Morgan fingerprint density at radius 1 is 1.29 bits per heavy atom. The first kappa shape index (κ1) is 14.9. The second-order valence-electron chi connectivity index (χ2n) is 4.87.